The van der Waals surface area contributed by atoms with Crippen molar-refractivity contribution in [1.29, 1.82) is 0 Å². The Morgan fingerprint density at radius 3 is 2.87 bits per heavy atom. The third-order valence-electron chi connectivity index (χ3n) is 2.70. The van der Waals surface area contributed by atoms with Gasteiger partial charge in [0.05, 0.1) is 6.61 Å². The molecule has 5 heteroatoms. The van der Waals surface area contributed by atoms with Gasteiger partial charge in [-0.15, -0.1) is 0 Å². The zero-order valence-corrected chi connectivity index (χ0v) is 9.62. The van der Waals surface area contributed by atoms with Crippen LogP contribution in [0.5, 0.6) is 0 Å². The summed E-state index contributed by atoms with van der Waals surface area (Å²) in [5.74, 6) is -0.137. The maximum absolute atomic E-state index is 11.2. The topological polar surface area (TPSA) is 59.7 Å². The first-order valence-electron chi connectivity index (χ1n) is 4.68. The minimum atomic E-state index is -0.812. The normalized spacial score (nSPS) is 25.7. The summed E-state index contributed by atoms with van der Waals surface area (Å²) in [5.41, 5.74) is -0.808. The molecule has 1 saturated heterocycles. The van der Waals surface area contributed by atoms with Crippen LogP contribution in [0.3, 0.4) is 0 Å². The fourth-order valence-electron chi connectivity index (χ4n) is 1.77. The zero-order chi connectivity index (χ0) is 10.9. The second-order valence-corrected chi connectivity index (χ2v) is 4.55. The zero-order valence-electron chi connectivity index (χ0n) is 8.03. The quantitative estimate of drug-likeness (QED) is 0.917. The van der Waals surface area contributed by atoms with Crippen LogP contribution in [-0.4, -0.2) is 24.3 Å². The minimum absolute atomic E-state index is 0.265. The standard InChI is InChI=1S/C10H11BrO4/c11-8-2-1-7(15-8)5-10(9(12)13)3-4-14-6-10/h1-2H,3-6H2,(H,12,13). The van der Waals surface area contributed by atoms with Crippen LogP contribution < -0.4 is 0 Å². The number of halogens is 1. The lowest BCUT2D eigenvalue weighted by atomic mass is 9.83. The molecule has 15 heavy (non-hydrogen) atoms. The second kappa shape index (κ2) is 3.98. The molecule has 0 aliphatic carbocycles. The number of carboxylic acids is 1. The Morgan fingerprint density at radius 2 is 2.40 bits per heavy atom. The number of furan rings is 1. The van der Waals surface area contributed by atoms with E-state index in [1.807, 2.05) is 0 Å². The summed E-state index contributed by atoms with van der Waals surface area (Å²) < 4.78 is 11.1. The first kappa shape index (κ1) is 10.7. The molecule has 0 spiro atoms. The fraction of sp³-hybridized carbons (Fsp3) is 0.500. The smallest absolute Gasteiger partial charge is 0.312 e. The highest BCUT2D eigenvalue weighted by atomic mass is 79.9. The molecule has 1 N–H and O–H groups in total. The molecule has 1 aromatic rings. The van der Waals surface area contributed by atoms with Gasteiger partial charge in [0, 0.05) is 13.0 Å². The van der Waals surface area contributed by atoms with E-state index in [0.29, 0.717) is 29.9 Å². The lowest BCUT2D eigenvalue weighted by molar-refractivity contribution is -0.149. The van der Waals surface area contributed by atoms with Crippen LogP contribution in [0.4, 0.5) is 0 Å². The van der Waals surface area contributed by atoms with E-state index in [2.05, 4.69) is 15.9 Å². The average Bonchev–Trinajstić information content (AvgIpc) is 2.77. The molecular formula is C10H11BrO4. The van der Waals surface area contributed by atoms with Crippen LogP contribution in [0.15, 0.2) is 21.2 Å². The SMILES string of the molecule is O=C(O)C1(Cc2ccc(Br)o2)CCOC1. The number of carboxylic acid groups (broad SMARTS) is 1. The molecule has 0 aromatic carbocycles. The van der Waals surface area contributed by atoms with Gasteiger partial charge in [0.2, 0.25) is 0 Å². The Bertz CT molecular complexity index is 365. The molecule has 2 heterocycles. The molecule has 0 radical (unpaired) electrons. The lowest BCUT2D eigenvalue weighted by Crippen LogP contribution is -2.33. The Hall–Kier alpha value is -0.810. The summed E-state index contributed by atoms with van der Waals surface area (Å²) in [6, 6.07) is 3.55. The predicted octanol–water partition coefficient (Wildman–Crippen LogP) is 2.08. The molecule has 0 amide bonds. The van der Waals surface area contributed by atoms with Crippen molar-refractivity contribution in [2.75, 3.05) is 13.2 Å². The molecule has 0 saturated carbocycles. The highest BCUT2D eigenvalue weighted by molar-refractivity contribution is 9.10. The third-order valence-corrected chi connectivity index (χ3v) is 3.12. The number of aliphatic carboxylic acids is 1. The predicted molar refractivity (Wildman–Crippen MR) is 55.6 cm³/mol. The second-order valence-electron chi connectivity index (χ2n) is 3.77. The van der Waals surface area contributed by atoms with E-state index in [1.54, 1.807) is 12.1 Å². The molecule has 1 aromatic heterocycles. The summed E-state index contributed by atoms with van der Waals surface area (Å²) in [5, 5.41) is 9.20. The van der Waals surface area contributed by atoms with E-state index in [1.165, 1.54) is 0 Å². The Morgan fingerprint density at radius 1 is 1.60 bits per heavy atom. The summed E-state index contributed by atoms with van der Waals surface area (Å²) in [6.07, 6.45) is 0.925. The first-order valence-corrected chi connectivity index (χ1v) is 5.47. The summed E-state index contributed by atoms with van der Waals surface area (Å²) in [7, 11) is 0. The molecule has 1 aliphatic rings. The van der Waals surface area contributed by atoms with Crippen LogP contribution in [0.1, 0.15) is 12.2 Å². The van der Waals surface area contributed by atoms with E-state index < -0.39 is 11.4 Å². The molecule has 2 rings (SSSR count). The van der Waals surface area contributed by atoms with Gasteiger partial charge in [0.25, 0.3) is 0 Å². The van der Waals surface area contributed by atoms with Crippen molar-refractivity contribution in [3.05, 3.63) is 22.6 Å². The van der Waals surface area contributed by atoms with Crippen molar-refractivity contribution >= 4 is 21.9 Å². The highest BCUT2D eigenvalue weighted by Gasteiger charge is 2.43. The lowest BCUT2D eigenvalue weighted by Gasteiger charge is -2.20. The average molecular weight is 275 g/mol. The number of ether oxygens (including phenoxy) is 1. The maximum atomic E-state index is 11.2. The first-order chi connectivity index (χ1) is 7.12. The van der Waals surface area contributed by atoms with Gasteiger partial charge in [-0.05, 0) is 34.5 Å². The Balaban J connectivity index is 2.17. The van der Waals surface area contributed by atoms with Crippen molar-refractivity contribution in [2.24, 2.45) is 5.41 Å². The number of rotatable bonds is 3. The van der Waals surface area contributed by atoms with Crippen LogP contribution in [-0.2, 0) is 16.0 Å². The van der Waals surface area contributed by atoms with E-state index >= 15 is 0 Å². The summed E-state index contributed by atoms with van der Waals surface area (Å²) in [6.45, 7) is 0.773. The van der Waals surface area contributed by atoms with Crippen LogP contribution in [0.25, 0.3) is 0 Å². The van der Waals surface area contributed by atoms with Crippen LogP contribution in [0, 0.1) is 5.41 Å². The Kier molecular flexibility index (Phi) is 2.84. The van der Waals surface area contributed by atoms with Crippen molar-refractivity contribution in [3.63, 3.8) is 0 Å². The van der Waals surface area contributed by atoms with Gasteiger partial charge in [0.1, 0.15) is 11.2 Å². The summed E-state index contributed by atoms with van der Waals surface area (Å²) >= 11 is 3.19. The van der Waals surface area contributed by atoms with Crippen molar-refractivity contribution in [3.8, 4) is 0 Å². The van der Waals surface area contributed by atoms with Gasteiger partial charge < -0.3 is 14.3 Å². The van der Waals surface area contributed by atoms with Gasteiger partial charge in [-0.1, -0.05) is 0 Å². The van der Waals surface area contributed by atoms with Gasteiger partial charge in [0.15, 0.2) is 4.67 Å². The molecule has 1 aliphatic heterocycles. The van der Waals surface area contributed by atoms with E-state index in [4.69, 9.17) is 9.15 Å². The third kappa shape index (κ3) is 2.08. The van der Waals surface area contributed by atoms with Crippen molar-refractivity contribution in [1.82, 2.24) is 0 Å². The van der Waals surface area contributed by atoms with Crippen LogP contribution in [0.2, 0.25) is 0 Å². The van der Waals surface area contributed by atoms with Gasteiger partial charge in [-0.2, -0.15) is 0 Å². The number of hydrogen-bond acceptors (Lipinski definition) is 3. The minimum Gasteiger partial charge on any atom is -0.481 e. The van der Waals surface area contributed by atoms with Crippen LogP contribution >= 0.6 is 15.9 Å². The Labute approximate surface area is 95.3 Å². The molecule has 0 bridgehead atoms. The number of carbonyl (C=O) groups is 1. The van der Waals surface area contributed by atoms with Gasteiger partial charge in [-0.25, -0.2) is 0 Å². The van der Waals surface area contributed by atoms with Gasteiger partial charge >= 0.3 is 5.97 Å². The van der Waals surface area contributed by atoms with Gasteiger partial charge in [-0.3, -0.25) is 4.79 Å². The largest absolute Gasteiger partial charge is 0.481 e. The fourth-order valence-corrected chi connectivity index (χ4v) is 2.11. The van der Waals surface area contributed by atoms with E-state index in [9.17, 15) is 9.90 Å². The van der Waals surface area contributed by atoms with E-state index in [0.717, 1.165) is 0 Å². The molecule has 1 atom stereocenters. The molecule has 4 nitrogen and oxygen atoms in total. The highest BCUT2D eigenvalue weighted by Crippen LogP contribution is 2.33. The summed E-state index contributed by atoms with van der Waals surface area (Å²) in [4.78, 5) is 11.2. The number of hydrogen-bond donors (Lipinski definition) is 1. The molecule has 82 valence electrons. The molecule has 1 unspecified atom stereocenters. The molecule has 1 fully saturated rings. The molecular weight excluding hydrogens is 264 g/mol. The van der Waals surface area contributed by atoms with Crippen molar-refractivity contribution < 1.29 is 19.1 Å². The maximum Gasteiger partial charge on any atom is 0.312 e. The van der Waals surface area contributed by atoms with E-state index in [-0.39, 0.29) is 6.61 Å². The monoisotopic (exact) mass is 274 g/mol. The van der Waals surface area contributed by atoms with Crippen molar-refractivity contribution in [2.45, 2.75) is 12.8 Å².